The molecule has 2 aromatic carbocycles. The first-order chi connectivity index (χ1) is 12.6. The van der Waals surface area contributed by atoms with Crippen LogP contribution in [-0.4, -0.2) is 16.8 Å². The predicted molar refractivity (Wildman–Crippen MR) is 101 cm³/mol. The number of rotatable bonds is 3. The molecule has 1 saturated heterocycles. The second-order valence-electron chi connectivity index (χ2n) is 6.11. The summed E-state index contributed by atoms with van der Waals surface area (Å²) in [5.74, 6) is -0.967. The van der Waals surface area contributed by atoms with Crippen LogP contribution in [0.3, 0.4) is 0 Å². The van der Waals surface area contributed by atoms with Gasteiger partial charge in [-0.2, -0.15) is 0 Å². The van der Waals surface area contributed by atoms with E-state index in [2.05, 4.69) is 4.98 Å². The second kappa shape index (κ2) is 6.73. The average Bonchev–Trinajstić information content (AvgIpc) is 2.97. The third-order valence-corrected chi connectivity index (χ3v) is 4.73. The lowest BCUT2D eigenvalue weighted by atomic mass is 9.91. The minimum absolute atomic E-state index is 0.134. The van der Waals surface area contributed by atoms with E-state index in [0.717, 1.165) is 16.8 Å². The summed E-state index contributed by atoms with van der Waals surface area (Å²) in [5.41, 5.74) is 2.87. The Morgan fingerprint density at radius 1 is 0.962 bits per heavy atom. The van der Waals surface area contributed by atoms with Crippen molar-refractivity contribution in [2.75, 3.05) is 4.90 Å². The molecule has 5 heteroatoms. The molecule has 0 unspecified atom stereocenters. The van der Waals surface area contributed by atoms with Crippen molar-refractivity contribution in [1.82, 2.24) is 4.98 Å². The summed E-state index contributed by atoms with van der Waals surface area (Å²) in [6.07, 6.45) is 1.83. The number of pyridine rings is 1. The minimum atomic E-state index is -0.544. The molecule has 3 aromatic rings. The van der Waals surface area contributed by atoms with Gasteiger partial charge in [0, 0.05) is 23.2 Å². The van der Waals surface area contributed by atoms with E-state index in [1.54, 1.807) is 30.5 Å². The zero-order chi connectivity index (χ0) is 18.1. The molecule has 1 aromatic heterocycles. The van der Waals surface area contributed by atoms with Crippen LogP contribution in [-0.2, 0) is 9.59 Å². The van der Waals surface area contributed by atoms with Crippen LogP contribution in [0.25, 0.3) is 11.3 Å². The zero-order valence-corrected chi connectivity index (χ0v) is 14.6. The fourth-order valence-corrected chi connectivity index (χ4v) is 3.47. The highest BCUT2D eigenvalue weighted by atomic mass is 35.5. The first-order valence-electron chi connectivity index (χ1n) is 8.28. The number of para-hydroxylation sites is 1. The molecule has 1 aliphatic heterocycles. The topological polar surface area (TPSA) is 50.3 Å². The molecule has 0 saturated carbocycles. The molecule has 0 N–H and O–H groups in total. The molecule has 4 rings (SSSR count). The van der Waals surface area contributed by atoms with E-state index in [1.807, 2.05) is 42.5 Å². The van der Waals surface area contributed by atoms with Gasteiger partial charge in [0.1, 0.15) is 0 Å². The van der Waals surface area contributed by atoms with Gasteiger partial charge in [0.05, 0.1) is 17.3 Å². The van der Waals surface area contributed by atoms with Crippen LogP contribution in [0.15, 0.2) is 72.9 Å². The quantitative estimate of drug-likeness (QED) is 0.647. The van der Waals surface area contributed by atoms with Gasteiger partial charge in [-0.15, -0.1) is 0 Å². The number of hydrogen-bond acceptors (Lipinski definition) is 3. The summed E-state index contributed by atoms with van der Waals surface area (Å²) in [6, 6.07) is 19.9. The molecule has 4 nitrogen and oxygen atoms in total. The first-order valence-corrected chi connectivity index (χ1v) is 8.65. The van der Waals surface area contributed by atoms with Crippen molar-refractivity contribution >= 4 is 29.1 Å². The largest absolute Gasteiger partial charge is 0.274 e. The Balaban J connectivity index is 1.77. The Labute approximate surface area is 156 Å². The van der Waals surface area contributed by atoms with Gasteiger partial charge in [-0.3, -0.25) is 19.5 Å². The van der Waals surface area contributed by atoms with E-state index in [9.17, 15) is 9.59 Å². The van der Waals surface area contributed by atoms with E-state index < -0.39 is 5.92 Å². The van der Waals surface area contributed by atoms with Gasteiger partial charge in [-0.25, -0.2) is 0 Å². The zero-order valence-electron chi connectivity index (χ0n) is 13.8. The highest BCUT2D eigenvalue weighted by molar-refractivity contribution is 6.31. The summed E-state index contributed by atoms with van der Waals surface area (Å²) in [7, 11) is 0. The highest BCUT2D eigenvalue weighted by Gasteiger charge is 2.41. The molecule has 1 atom stereocenters. The molecule has 0 radical (unpaired) electrons. The molecule has 128 valence electrons. The van der Waals surface area contributed by atoms with Crippen LogP contribution in [0.4, 0.5) is 5.69 Å². The molecule has 0 bridgehead atoms. The number of halogens is 1. The average molecular weight is 363 g/mol. The number of amides is 2. The van der Waals surface area contributed by atoms with Crippen molar-refractivity contribution in [3.63, 3.8) is 0 Å². The molecule has 0 spiro atoms. The second-order valence-corrected chi connectivity index (χ2v) is 6.54. The predicted octanol–water partition coefficient (Wildman–Crippen LogP) is 4.45. The van der Waals surface area contributed by atoms with E-state index in [0.29, 0.717) is 10.7 Å². The van der Waals surface area contributed by atoms with Crippen molar-refractivity contribution < 1.29 is 9.59 Å². The monoisotopic (exact) mass is 362 g/mol. The fraction of sp³-hybridized carbons (Fsp3) is 0.0952. The molecule has 26 heavy (non-hydrogen) atoms. The number of anilines is 1. The normalized spacial score (nSPS) is 17.0. The van der Waals surface area contributed by atoms with Crippen molar-refractivity contribution in [3.05, 3.63) is 83.5 Å². The highest BCUT2D eigenvalue weighted by Crippen LogP contribution is 2.38. The van der Waals surface area contributed by atoms with Gasteiger partial charge >= 0.3 is 0 Å². The van der Waals surface area contributed by atoms with Crippen LogP contribution in [0.1, 0.15) is 17.9 Å². The van der Waals surface area contributed by atoms with Crippen LogP contribution >= 0.6 is 11.6 Å². The van der Waals surface area contributed by atoms with Gasteiger partial charge in [0.2, 0.25) is 11.8 Å². The number of imide groups is 1. The number of aromatic nitrogens is 1. The van der Waals surface area contributed by atoms with Crippen LogP contribution in [0.5, 0.6) is 0 Å². The summed E-state index contributed by atoms with van der Waals surface area (Å²) in [6.45, 7) is 0. The smallest absolute Gasteiger partial charge is 0.241 e. The number of hydrogen-bond donors (Lipinski definition) is 0. The molecule has 2 heterocycles. The first kappa shape index (κ1) is 16.5. The van der Waals surface area contributed by atoms with Gasteiger partial charge in [-0.05, 0) is 42.0 Å². The van der Waals surface area contributed by atoms with Crippen LogP contribution in [0.2, 0.25) is 5.02 Å². The fourth-order valence-electron chi connectivity index (χ4n) is 3.30. The van der Waals surface area contributed by atoms with Crippen LogP contribution in [0, 0.1) is 0 Å². The summed E-state index contributed by atoms with van der Waals surface area (Å²) < 4.78 is 0. The Hall–Kier alpha value is -2.98. The molecular weight excluding hydrogens is 348 g/mol. The van der Waals surface area contributed by atoms with E-state index in [4.69, 9.17) is 11.6 Å². The number of carbonyl (C=O) groups excluding carboxylic acids is 2. The van der Waals surface area contributed by atoms with E-state index in [-0.39, 0.29) is 18.2 Å². The maximum absolute atomic E-state index is 13.0. The van der Waals surface area contributed by atoms with E-state index >= 15 is 0 Å². The lowest BCUT2D eigenvalue weighted by Gasteiger charge is -2.17. The standard InChI is InChI=1S/C21H15ClN2O2/c22-14-9-10-16(17(12-14)19-8-4-5-11-23-19)18-13-20(25)24(21(18)26)15-6-2-1-3-7-15/h1-12,18H,13H2/t18-/m1/s1. The van der Waals surface area contributed by atoms with Gasteiger partial charge in [-0.1, -0.05) is 41.9 Å². The SMILES string of the molecule is O=C1C[C@H](c2ccc(Cl)cc2-c2ccccn2)C(=O)N1c1ccccc1. The van der Waals surface area contributed by atoms with Crippen molar-refractivity contribution in [3.8, 4) is 11.3 Å². The van der Waals surface area contributed by atoms with Gasteiger partial charge in [0.15, 0.2) is 0 Å². The molecule has 0 aliphatic carbocycles. The molecular formula is C21H15ClN2O2. The van der Waals surface area contributed by atoms with Crippen molar-refractivity contribution in [1.29, 1.82) is 0 Å². The summed E-state index contributed by atoms with van der Waals surface area (Å²) in [4.78, 5) is 31.2. The lowest BCUT2D eigenvalue weighted by molar-refractivity contribution is -0.121. The Kier molecular flexibility index (Phi) is 4.27. The number of benzene rings is 2. The number of carbonyl (C=O) groups is 2. The molecule has 1 aliphatic rings. The van der Waals surface area contributed by atoms with Crippen molar-refractivity contribution in [2.24, 2.45) is 0 Å². The molecule has 1 fully saturated rings. The Morgan fingerprint density at radius 2 is 1.73 bits per heavy atom. The minimum Gasteiger partial charge on any atom is -0.274 e. The summed E-state index contributed by atoms with van der Waals surface area (Å²) >= 11 is 6.17. The summed E-state index contributed by atoms with van der Waals surface area (Å²) in [5, 5.41) is 0.561. The number of nitrogens with zero attached hydrogens (tertiary/aromatic N) is 2. The maximum atomic E-state index is 13.0. The van der Waals surface area contributed by atoms with Gasteiger partial charge in [0.25, 0.3) is 0 Å². The maximum Gasteiger partial charge on any atom is 0.241 e. The Bertz CT molecular complexity index is 974. The van der Waals surface area contributed by atoms with Gasteiger partial charge < -0.3 is 0 Å². The van der Waals surface area contributed by atoms with E-state index in [1.165, 1.54) is 4.90 Å². The third-order valence-electron chi connectivity index (χ3n) is 4.49. The molecule has 2 amide bonds. The lowest BCUT2D eigenvalue weighted by Crippen LogP contribution is -2.30. The van der Waals surface area contributed by atoms with Crippen LogP contribution < -0.4 is 4.90 Å². The third kappa shape index (κ3) is 2.89. The van der Waals surface area contributed by atoms with Crippen molar-refractivity contribution in [2.45, 2.75) is 12.3 Å². The Morgan fingerprint density at radius 3 is 2.46 bits per heavy atom.